The summed E-state index contributed by atoms with van der Waals surface area (Å²) >= 11 is 0. The molecule has 1 unspecified atom stereocenters. The van der Waals surface area contributed by atoms with Gasteiger partial charge in [0.05, 0.1) is 25.9 Å². The van der Waals surface area contributed by atoms with Crippen LogP contribution in [0.3, 0.4) is 0 Å². The topological polar surface area (TPSA) is 39.7 Å². The number of hydrogen-bond acceptors (Lipinski definition) is 4. The zero-order chi connectivity index (χ0) is 15.3. The van der Waals surface area contributed by atoms with Crippen LogP contribution in [-0.4, -0.2) is 33.5 Å². The molecule has 0 aliphatic heterocycles. The van der Waals surface area contributed by atoms with Crippen molar-refractivity contribution in [1.82, 2.24) is 5.32 Å². The van der Waals surface area contributed by atoms with Crippen molar-refractivity contribution in [3.63, 3.8) is 0 Å². The fraction of sp³-hybridized carbons (Fsp3) is 0.647. The van der Waals surface area contributed by atoms with Crippen molar-refractivity contribution in [2.24, 2.45) is 0 Å². The molecule has 0 amide bonds. The maximum absolute atomic E-state index is 5.89. The predicted molar refractivity (Wildman–Crippen MR) is 84.2 cm³/mol. The molecule has 4 nitrogen and oxygen atoms in total. The van der Waals surface area contributed by atoms with Crippen LogP contribution in [0.1, 0.15) is 44.2 Å². The van der Waals surface area contributed by atoms with Crippen LogP contribution in [0.5, 0.6) is 11.5 Å². The number of nitrogens with one attached hydrogen (secondary N) is 1. The number of methoxy groups -OCH3 is 3. The predicted octanol–water partition coefficient (Wildman–Crippen LogP) is 3.31. The SMILES string of the molecule is CCCNC(c1ccc(OC)cc1OC)C1(OC)CCC1. The maximum Gasteiger partial charge on any atom is 0.127 e. The number of ether oxygens (including phenoxy) is 3. The Bertz CT molecular complexity index is 452. The fourth-order valence-corrected chi connectivity index (χ4v) is 3.06. The van der Waals surface area contributed by atoms with E-state index in [0.29, 0.717) is 0 Å². The molecule has 1 aromatic rings. The van der Waals surface area contributed by atoms with Crippen molar-refractivity contribution in [3.8, 4) is 11.5 Å². The number of hydrogen-bond donors (Lipinski definition) is 1. The minimum atomic E-state index is -0.114. The summed E-state index contributed by atoms with van der Waals surface area (Å²) in [5.74, 6) is 1.66. The average molecular weight is 293 g/mol. The summed E-state index contributed by atoms with van der Waals surface area (Å²) in [6, 6.07) is 6.17. The molecular formula is C17H27NO3. The van der Waals surface area contributed by atoms with Crippen LogP contribution in [0.4, 0.5) is 0 Å². The lowest BCUT2D eigenvalue weighted by Crippen LogP contribution is -2.50. The lowest BCUT2D eigenvalue weighted by Gasteiger charge is -2.47. The van der Waals surface area contributed by atoms with E-state index in [0.717, 1.165) is 42.9 Å². The van der Waals surface area contributed by atoms with Gasteiger partial charge in [0, 0.05) is 18.7 Å². The minimum Gasteiger partial charge on any atom is -0.497 e. The molecule has 21 heavy (non-hydrogen) atoms. The van der Waals surface area contributed by atoms with Gasteiger partial charge in [-0.05, 0) is 44.4 Å². The van der Waals surface area contributed by atoms with E-state index in [1.165, 1.54) is 6.42 Å². The van der Waals surface area contributed by atoms with Gasteiger partial charge in [0.15, 0.2) is 0 Å². The molecule has 2 rings (SSSR count). The van der Waals surface area contributed by atoms with Crippen molar-refractivity contribution in [2.75, 3.05) is 27.9 Å². The van der Waals surface area contributed by atoms with Crippen LogP contribution in [0.25, 0.3) is 0 Å². The third kappa shape index (κ3) is 3.16. The van der Waals surface area contributed by atoms with Gasteiger partial charge in [0.2, 0.25) is 0 Å². The van der Waals surface area contributed by atoms with E-state index in [1.807, 2.05) is 19.2 Å². The molecule has 1 aliphatic carbocycles. The van der Waals surface area contributed by atoms with Gasteiger partial charge in [-0.25, -0.2) is 0 Å². The summed E-state index contributed by atoms with van der Waals surface area (Å²) in [6.45, 7) is 3.14. The summed E-state index contributed by atoms with van der Waals surface area (Å²) in [5.41, 5.74) is 1.03. The summed E-state index contributed by atoms with van der Waals surface area (Å²) < 4.78 is 16.8. The molecular weight excluding hydrogens is 266 g/mol. The smallest absolute Gasteiger partial charge is 0.127 e. The van der Waals surface area contributed by atoms with Crippen LogP contribution in [0, 0.1) is 0 Å². The van der Waals surface area contributed by atoms with Gasteiger partial charge in [0.1, 0.15) is 11.5 Å². The molecule has 0 radical (unpaired) electrons. The van der Waals surface area contributed by atoms with E-state index >= 15 is 0 Å². The van der Waals surface area contributed by atoms with Gasteiger partial charge in [-0.1, -0.05) is 6.92 Å². The monoisotopic (exact) mass is 293 g/mol. The molecule has 0 bridgehead atoms. The quantitative estimate of drug-likeness (QED) is 0.798. The van der Waals surface area contributed by atoms with Gasteiger partial charge in [-0.3, -0.25) is 0 Å². The Hall–Kier alpha value is -1.26. The summed E-state index contributed by atoms with van der Waals surface area (Å²) in [7, 11) is 5.19. The molecule has 1 N–H and O–H groups in total. The van der Waals surface area contributed by atoms with Crippen LogP contribution >= 0.6 is 0 Å². The normalized spacial score (nSPS) is 17.9. The second kappa shape index (κ2) is 7.14. The van der Waals surface area contributed by atoms with E-state index < -0.39 is 0 Å². The van der Waals surface area contributed by atoms with E-state index in [4.69, 9.17) is 14.2 Å². The second-order valence-electron chi connectivity index (χ2n) is 5.62. The van der Waals surface area contributed by atoms with Crippen LogP contribution in [0.2, 0.25) is 0 Å². The van der Waals surface area contributed by atoms with Gasteiger partial charge < -0.3 is 19.5 Å². The van der Waals surface area contributed by atoms with Gasteiger partial charge in [-0.15, -0.1) is 0 Å². The molecule has 0 heterocycles. The molecule has 0 saturated heterocycles. The third-order valence-corrected chi connectivity index (χ3v) is 4.48. The molecule has 0 aromatic heterocycles. The molecule has 1 fully saturated rings. The van der Waals surface area contributed by atoms with Crippen molar-refractivity contribution in [1.29, 1.82) is 0 Å². The first-order valence-electron chi connectivity index (χ1n) is 7.71. The lowest BCUT2D eigenvalue weighted by atomic mass is 9.72. The average Bonchev–Trinajstić information content (AvgIpc) is 2.49. The highest BCUT2D eigenvalue weighted by Gasteiger charge is 2.45. The van der Waals surface area contributed by atoms with Crippen molar-refractivity contribution < 1.29 is 14.2 Å². The molecule has 1 saturated carbocycles. The van der Waals surface area contributed by atoms with Crippen molar-refractivity contribution >= 4 is 0 Å². The maximum atomic E-state index is 5.89. The van der Waals surface area contributed by atoms with E-state index in [1.54, 1.807) is 14.2 Å². The van der Waals surface area contributed by atoms with Gasteiger partial charge >= 0.3 is 0 Å². The summed E-state index contributed by atoms with van der Waals surface area (Å²) in [6.07, 6.45) is 4.48. The molecule has 1 atom stereocenters. The van der Waals surface area contributed by atoms with E-state index in [-0.39, 0.29) is 11.6 Å². The number of rotatable bonds is 8. The van der Waals surface area contributed by atoms with Crippen LogP contribution < -0.4 is 14.8 Å². The molecule has 1 aliphatic rings. The first kappa shape index (κ1) is 16.1. The largest absolute Gasteiger partial charge is 0.497 e. The van der Waals surface area contributed by atoms with Crippen molar-refractivity contribution in [3.05, 3.63) is 23.8 Å². The Kier molecular flexibility index (Phi) is 5.48. The first-order valence-corrected chi connectivity index (χ1v) is 7.71. The molecule has 0 spiro atoms. The highest BCUT2D eigenvalue weighted by molar-refractivity contribution is 5.44. The second-order valence-corrected chi connectivity index (χ2v) is 5.62. The minimum absolute atomic E-state index is 0.114. The van der Waals surface area contributed by atoms with Crippen LogP contribution in [-0.2, 0) is 4.74 Å². The summed E-state index contributed by atoms with van der Waals surface area (Å²) in [4.78, 5) is 0. The Balaban J connectivity index is 2.36. The molecule has 4 heteroatoms. The zero-order valence-corrected chi connectivity index (χ0v) is 13.6. The lowest BCUT2D eigenvalue weighted by molar-refractivity contribution is -0.100. The van der Waals surface area contributed by atoms with E-state index in [2.05, 4.69) is 18.3 Å². The highest BCUT2D eigenvalue weighted by Crippen LogP contribution is 2.47. The molecule has 1 aromatic carbocycles. The standard InChI is InChI=1S/C17H27NO3/c1-5-11-18-16(17(21-4)9-6-10-17)14-8-7-13(19-2)12-15(14)20-3/h7-8,12,16,18H,5-6,9-11H2,1-4H3. The first-order chi connectivity index (χ1) is 10.2. The Labute approximate surface area is 127 Å². The molecule has 118 valence electrons. The fourth-order valence-electron chi connectivity index (χ4n) is 3.06. The van der Waals surface area contributed by atoms with Gasteiger partial charge in [-0.2, -0.15) is 0 Å². The van der Waals surface area contributed by atoms with Crippen LogP contribution in [0.15, 0.2) is 18.2 Å². The number of benzene rings is 1. The van der Waals surface area contributed by atoms with Gasteiger partial charge in [0.25, 0.3) is 0 Å². The zero-order valence-electron chi connectivity index (χ0n) is 13.6. The van der Waals surface area contributed by atoms with Crippen molar-refractivity contribution in [2.45, 2.75) is 44.2 Å². The Morgan fingerprint density at radius 3 is 2.43 bits per heavy atom. The summed E-state index contributed by atoms with van der Waals surface area (Å²) in [5, 5.41) is 3.65. The van der Waals surface area contributed by atoms with E-state index in [9.17, 15) is 0 Å². The Morgan fingerprint density at radius 1 is 1.19 bits per heavy atom. The highest BCUT2D eigenvalue weighted by atomic mass is 16.5. The third-order valence-electron chi connectivity index (χ3n) is 4.48. The Morgan fingerprint density at radius 2 is 1.95 bits per heavy atom.